The minimum absolute atomic E-state index is 0.0208. The Labute approximate surface area is 108 Å². The van der Waals surface area contributed by atoms with Crippen molar-refractivity contribution >= 4 is 11.9 Å². The molecule has 0 radical (unpaired) electrons. The lowest BCUT2D eigenvalue weighted by Crippen LogP contribution is -2.49. The van der Waals surface area contributed by atoms with Crippen LogP contribution >= 0.6 is 0 Å². The predicted molar refractivity (Wildman–Crippen MR) is 68.9 cm³/mol. The molecule has 0 bridgehead atoms. The number of carbonyl (C=O) groups is 2. The fourth-order valence-corrected chi connectivity index (χ4v) is 3.18. The summed E-state index contributed by atoms with van der Waals surface area (Å²) in [5.74, 6) is -0.0208. The Morgan fingerprint density at radius 1 is 1.33 bits per heavy atom. The minimum atomic E-state index is -0.600. The molecule has 2 fully saturated rings. The van der Waals surface area contributed by atoms with Crippen molar-refractivity contribution in [2.24, 2.45) is 5.73 Å². The summed E-state index contributed by atoms with van der Waals surface area (Å²) in [6, 6.07) is -0.272. The maximum Gasteiger partial charge on any atom is 0.325 e. The first-order chi connectivity index (χ1) is 8.64. The van der Waals surface area contributed by atoms with E-state index in [0.717, 1.165) is 38.5 Å². The highest BCUT2D eigenvalue weighted by Crippen LogP contribution is 2.35. The number of amides is 3. The fourth-order valence-electron chi connectivity index (χ4n) is 3.18. The lowest BCUT2D eigenvalue weighted by atomic mass is 9.81. The molecule has 1 atom stereocenters. The molecule has 2 rings (SSSR count). The van der Waals surface area contributed by atoms with Crippen molar-refractivity contribution in [1.82, 2.24) is 10.2 Å². The van der Waals surface area contributed by atoms with Crippen LogP contribution in [0.1, 0.15) is 51.9 Å². The van der Waals surface area contributed by atoms with Crippen LogP contribution in [0.15, 0.2) is 0 Å². The van der Waals surface area contributed by atoms with Crippen LogP contribution in [0.2, 0.25) is 0 Å². The van der Waals surface area contributed by atoms with Gasteiger partial charge in [0.25, 0.3) is 5.91 Å². The van der Waals surface area contributed by atoms with Crippen LogP contribution in [0, 0.1) is 0 Å². The van der Waals surface area contributed by atoms with Crippen LogP contribution in [0.25, 0.3) is 0 Å². The number of nitrogens with one attached hydrogen (secondary N) is 1. The molecule has 1 saturated carbocycles. The van der Waals surface area contributed by atoms with Crippen molar-refractivity contribution in [2.75, 3.05) is 6.54 Å². The normalized spacial score (nSPS) is 24.4. The average molecular weight is 253 g/mol. The summed E-state index contributed by atoms with van der Waals surface area (Å²) in [6.07, 6.45) is 6.23. The third-order valence-corrected chi connectivity index (χ3v) is 4.24. The van der Waals surface area contributed by atoms with Gasteiger partial charge in [-0.1, -0.05) is 26.2 Å². The first-order valence-corrected chi connectivity index (χ1v) is 7.00. The standard InChI is InChI=1S/C13H23N3O2/c1-2-10(6-9-14)16-11(17)13(15-12(16)18)7-4-3-5-8-13/h10H,2-9,14H2,1H3,(H,15,18). The molecule has 1 aliphatic carbocycles. The Kier molecular flexibility index (Phi) is 3.90. The highest BCUT2D eigenvalue weighted by molar-refractivity contribution is 6.07. The second-order valence-corrected chi connectivity index (χ2v) is 5.39. The number of nitrogens with zero attached hydrogens (tertiary/aromatic N) is 1. The molecule has 1 spiro atoms. The predicted octanol–water partition coefficient (Wildman–Crippen LogP) is 1.37. The number of imide groups is 1. The summed E-state index contributed by atoms with van der Waals surface area (Å²) in [4.78, 5) is 26.1. The summed E-state index contributed by atoms with van der Waals surface area (Å²) < 4.78 is 0. The number of hydrogen-bond donors (Lipinski definition) is 2. The molecule has 3 N–H and O–H groups in total. The van der Waals surface area contributed by atoms with Gasteiger partial charge in [-0.25, -0.2) is 4.79 Å². The SMILES string of the molecule is CCC(CCN)N1C(=O)NC2(CCCCC2)C1=O. The van der Waals surface area contributed by atoms with Crippen molar-refractivity contribution in [2.45, 2.75) is 63.5 Å². The van der Waals surface area contributed by atoms with E-state index in [2.05, 4.69) is 5.32 Å². The van der Waals surface area contributed by atoms with Gasteiger partial charge in [-0.05, 0) is 32.2 Å². The van der Waals surface area contributed by atoms with Gasteiger partial charge in [-0.2, -0.15) is 0 Å². The van der Waals surface area contributed by atoms with Crippen LogP contribution < -0.4 is 11.1 Å². The number of carbonyl (C=O) groups excluding carboxylic acids is 2. The second kappa shape index (κ2) is 5.26. The number of nitrogens with two attached hydrogens (primary N) is 1. The van der Waals surface area contributed by atoms with Gasteiger partial charge in [0.2, 0.25) is 0 Å². The highest BCUT2D eigenvalue weighted by Gasteiger charge is 2.52. The number of rotatable bonds is 4. The summed E-state index contributed by atoms with van der Waals surface area (Å²) in [7, 11) is 0. The molecular formula is C13H23N3O2. The molecule has 1 aliphatic heterocycles. The van der Waals surface area contributed by atoms with Gasteiger partial charge in [0.05, 0.1) is 0 Å². The Morgan fingerprint density at radius 2 is 2.00 bits per heavy atom. The zero-order valence-electron chi connectivity index (χ0n) is 11.1. The van der Waals surface area contributed by atoms with Gasteiger partial charge in [0, 0.05) is 6.04 Å². The molecule has 3 amide bonds. The molecule has 0 aromatic heterocycles. The van der Waals surface area contributed by atoms with Gasteiger partial charge in [0.1, 0.15) is 5.54 Å². The number of hydrogen-bond acceptors (Lipinski definition) is 3. The van der Waals surface area contributed by atoms with Crippen molar-refractivity contribution in [1.29, 1.82) is 0 Å². The van der Waals surface area contributed by atoms with Crippen LogP contribution in [0.3, 0.4) is 0 Å². The van der Waals surface area contributed by atoms with E-state index in [1.54, 1.807) is 0 Å². The van der Waals surface area contributed by atoms with Gasteiger partial charge < -0.3 is 11.1 Å². The Hall–Kier alpha value is -1.10. The summed E-state index contributed by atoms with van der Waals surface area (Å²) in [5, 5.41) is 2.94. The lowest BCUT2D eigenvalue weighted by Gasteiger charge is -2.31. The van der Waals surface area contributed by atoms with E-state index in [-0.39, 0.29) is 18.0 Å². The monoisotopic (exact) mass is 253 g/mol. The minimum Gasteiger partial charge on any atom is -0.330 e. The molecular weight excluding hydrogens is 230 g/mol. The topological polar surface area (TPSA) is 75.4 Å². The van der Waals surface area contributed by atoms with Gasteiger partial charge in [-0.3, -0.25) is 9.69 Å². The van der Waals surface area contributed by atoms with Gasteiger partial charge >= 0.3 is 6.03 Å². The zero-order chi connectivity index (χ0) is 13.2. The third kappa shape index (κ3) is 2.11. The van der Waals surface area contributed by atoms with Gasteiger partial charge in [-0.15, -0.1) is 0 Å². The molecule has 102 valence electrons. The maximum absolute atomic E-state index is 12.6. The van der Waals surface area contributed by atoms with E-state index in [1.807, 2.05) is 6.92 Å². The summed E-state index contributed by atoms with van der Waals surface area (Å²) >= 11 is 0. The van der Waals surface area contributed by atoms with Crippen molar-refractivity contribution in [3.63, 3.8) is 0 Å². The first-order valence-electron chi connectivity index (χ1n) is 7.00. The number of urea groups is 1. The lowest BCUT2D eigenvalue weighted by molar-refractivity contribution is -0.134. The molecule has 5 nitrogen and oxygen atoms in total. The molecule has 2 aliphatic rings. The molecule has 18 heavy (non-hydrogen) atoms. The van der Waals surface area contributed by atoms with Crippen molar-refractivity contribution in [3.05, 3.63) is 0 Å². The second-order valence-electron chi connectivity index (χ2n) is 5.39. The molecule has 0 aromatic rings. The van der Waals surface area contributed by atoms with Crippen LogP contribution in [0.4, 0.5) is 4.79 Å². The summed E-state index contributed by atoms with van der Waals surface area (Å²) in [6.45, 7) is 2.50. The Balaban J connectivity index is 2.17. The maximum atomic E-state index is 12.6. The quantitative estimate of drug-likeness (QED) is 0.743. The summed E-state index contributed by atoms with van der Waals surface area (Å²) in [5.41, 5.74) is 4.96. The Morgan fingerprint density at radius 3 is 2.56 bits per heavy atom. The van der Waals surface area contributed by atoms with Crippen LogP contribution in [-0.4, -0.2) is 35.0 Å². The highest BCUT2D eigenvalue weighted by atomic mass is 16.2. The van der Waals surface area contributed by atoms with Crippen LogP contribution in [-0.2, 0) is 4.79 Å². The van der Waals surface area contributed by atoms with E-state index in [1.165, 1.54) is 4.90 Å². The van der Waals surface area contributed by atoms with Gasteiger partial charge in [0.15, 0.2) is 0 Å². The van der Waals surface area contributed by atoms with E-state index in [9.17, 15) is 9.59 Å². The molecule has 1 unspecified atom stereocenters. The molecule has 1 saturated heterocycles. The van der Waals surface area contributed by atoms with E-state index < -0.39 is 5.54 Å². The average Bonchev–Trinajstić information content (AvgIpc) is 2.60. The molecule has 5 heteroatoms. The van der Waals surface area contributed by atoms with Crippen LogP contribution in [0.5, 0.6) is 0 Å². The zero-order valence-corrected chi connectivity index (χ0v) is 11.1. The molecule has 1 heterocycles. The smallest absolute Gasteiger partial charge is 0.325 e. The third-order valence-electron chi connectivity index (χ3n) is 4.24. The largest absolute Gasteiger partial charge is 0.330 e. The Bertz CT molecular complexity index is 337. The fraction of sp³-hybridized carbons (Fsp3) is 0.846. The van der Waals surface area contributed by atoms with E-state index >= 15 is 0 Å². The van der Waals surface area contributed by atoms with E-state index in [0.29, 0.717) is 13.0 Å². The van der Waals surface area contributed by atoms with E-state index in [4.69, 9.17) is 5.73 Å². The first kappa shape index (κ1) is 13.3. The molecule has 0 aromatic carbocycles. The van der Waals surface area contributed by atoms with Crippen molar-refractivity contribution < 1.29 is 9.59 Å². The van der Waals surface area contributed by atoms with Crippen molar-refractivity contribution in [3.8, 4) is 0 Å².